The van der Waals surface area contributed by atoms with Crippen LogP contribution in [0.2, 0.25) is 10.0 Å². The van der Waals surface area contributed by atoms with E-state index in [-0.39, 0.29) is 24.4 Å². The van der Waals surface area contributed by atoms with Gasteiger partial charge in [-0.1, -0.05) is 55.0 Å². The summed E-state index contributed by atoms with van der Waals surface area (Å²) in [6.07, 6.45) is 4.77. The molecule has 0 N–H and O–H groups in total. The first kappa shape index (κ1) is 16.6. The largest absolute Gasteiger partial charge is 1.00 e. The molecule has 0 aromatic heterocycles. The zero-order chi connectivity index (χ0) is 12.4. The first-order valence-corrected chi connectivity index (χ1v) is 7.51. The van der Waals surface area contributed by atoms with Crippen molar-refractivity contribution < 1.29 is 23.7 Å². The molecular formula is C13H14Cl2LiOP. The molecule has 92 valence electrons. The Hall–Kier alpha value is 0.497. The molecule has 1 saturated carbocycles. The van der Waals surface area contributed by atoms with E-state index in [0.29, 0.717) is 21.3 Å². The van der Waals surface area contributed by atoms with Gasteiger partial charge in [-0.3, -0.25) is 0 Å². The van der Waals surface area contributed by atoms with Crippen molar-refractivity contribution in [1.29, 1.82) is 0 Å². The van der Waals surface area contributed by atoms with E-state index in [1.807, 2.05) is 13.0 Å². The van der Waals surface area contributed by atoms with E-state index in [1.165, 1.54) is 12.8 Å². The maximum Gasteiger partial charge on any atom is 1.00 e. The smallest absolute Gasteiger partial charge is 0.456 e. The second-order valence-electron chi connectivity index (χ2n) is 4.43. The number of rotatable bonds is 3. The van der Waals surface area contributed by atoms with Gasteiger partial charge in [0.15, 0.2) is 0 Å². The van der Waals surface area contributed by atoms with E-state index in [1.54, 1.807) is 6.07 Å². The molecule has 0 atom stereocenters. The average Bonchev–Trinajstić information content (AvgIpc) is 2.77. The number of carbonyl (C=O) groups is 1. The van der Waals surface area contributed by atoms with E-state index < -0.39 is 0 Å². The molecule has 1 aromatic carbocycles. The summed E-state index contributed by atoms with van der Waals surface area (Å²) in [6.45, 7) is 1.89. The van der Waals surface area contributed by atoms with Crippen LogP contribution in [0.5, 0.6) is 0 Å². The fourth-order valence-corrected chi connectivity index (χ4v) is 4.11. The molecule has 0 spiro atoms. The normalized spacial score (nSPS) is 16.2. The van der Waals surface area contributed by atoms with Gasteiger partial charge >= 0.3 is 18.9 Å². The molecule has 1 aliphatic carbocycles. The van der Waals surface area contributed by atoms with Gasteiger partial charge in [-0.15, -0.1) is 0 Å². The molecule has 0 aliphatic heterocycles. The topological polar surface area (TPSA) is 17.1 Å². The summed E-state index contributed by atoms with van der Waals surface area (Å²) in [7, 11) is 0.854. The number of hydrogen-bond donors (Lipinski definition) is 0. The van der Waals surface area contributed by atoms with Crippen LogP contribution in [0.1, 0.15) is 41.6 Å². The van der Waals surface area contributed by atoms with Crippen molar-refractivity contribution >= 4 is 37.3 Å². The van der Waals surface area contributed by atoms with Crippen LogP contribution in [0.4, 0.5) is 0 Å². The maximum absolute atomic E-state index is 12.2. The van der Waals surface area contributed by atoms with E-state index in [0.717, 1.165) is 27.0 Å². The van der Waals surface area contributed by atoms with Gasteiger partial charge in [-0.25, -0.2) is 0 Å². The number of carbonyl (C=O) groups excluding carboxylic acids is 1. The number of aryl methyl sites for hydroxylation is 1. The van der Waals surface area contributed by atoms with Crippen molar-refractivity contribution in [3.8, 4) is 0 Å². The Morgan fingerprint density at radius 1 is 1.28 bits per heavy atom. The molecule has 1 aliphatic rings. The standard InChI is InChI=1S/C13H14Cl2OP.Li/c1-8-6-7-10(14)11(12(8)15)13(16)17-9-4-2-3-5-9;/h6-7,9H,2-5H2,1H3;/q-1;+1. The zero-order valence-corrected chi connectivity index (χ0v) is 13.1. The van der Waals surface area contributed by atoms with Crippen LogP contribution in [-0.2, 0) is 0 Å². The van der Waals surface area contributed by atoms with Crippen LogP contribution in [0.25, 0.3) is 0 Å². The van der Waals surface area contributed by atoms with E-state index in [9.17, 15) is 4.79 Å². The van der Waals surface area contributed by atoms with Gasteiger partial charge in [0.25, 0.3) is 0 Å². The van der Waals surface area contributed by atoms with Crippen LogP contribution in [0, 0.1) is 6.92 Å². The minimum atomic E-state index is 0. The molecule has 0 saturated heterocycles. The second kappa shape index (κ2) is 7.33. The predicted molar refractivity (Wildman–Crippen MR) is 74.7 cm³/mol. The molecular weight excluding hydrogens is 281 g/mol. The number of hydrogen-bond acceptors (Lipinski definition) is 1. The van der Waals surface area contributed by atoms with Crippen molar-refractivity contribution in [2.45, 2.75) is 38.3 Å². The molecule has 2 rings (SSSR count). The molecule has 0 heterocycles. The fourth-order valence-electron chi connectivity index (χ4n) is 2.12. The van der Waals surface area contributed by atoms with Crippen LogP contribution >= 0.6 is 31.8 Å². The molecule has 0 amide bonds. The Bertz CT molecular complexity index is 445. The Morgan fingerprint density at radius 2 is 1.89 bits per heavy atom. The van der Waals surface area contributed by atoms with Gasteiger partial charge in [0, 0.05) is 11.1 Å². The van der Waals surface area contributed by atoms with Gasteiger partial charge in [0.1, 0.15) is 0 Å². The number of halogens is 2. The summed E-state index contributed by atoms with van der Waals surface area (Å²) in [4.78, 5) is 12.2. The van der Waals surface area contributed by atoms with E-state index in [2.05, 4.69) is 0 Å². The SMILES string of the molecule is Cc1ccc(Cl)c(C(=O)[P-]C2CCCC2)c1Cl.[Li+]. The van der Waals surface area contributed by atoms with Crippen LogP contribution in [-0.4, -0.2) is 11.2 Å². The van der Waals surface area contributed by atoms with Gasteiger partial charge in [0.05, 0.1) is 10.0 Å². The van der Waals surface area contributed by atoms with E-state index >= 15 is 0 Å². The predicted octanol–water partition coefficient (Wildman–Crippen LogP) is 2.33. The van der Waals surface area contributed by atoms with Gasteiger partial charge in [-0.05, 0) is 18.6 Å². The molecule has 0 radical (unpaired) electrons. The molecule has 0 bridgehead atoms. The molecule has 5 heteroatoms. The number of benzene rings is 1. The van der Waals surface area contributed by atoms with Crippen molar-refractivity contribution in [2.75, 3.05) is 0 Å². The van der Waals surface area contributed by atoms with Crippen molar-refractivity contribution in [1.82, 2.24) is 0 Å². The monoisotopic (exact) mass is 294 g/mol. The van der Waals surface area contributed by atoms with Gasteiger partial charge < -0.3 is 13.4 Å². The molecule has 1 nitrogen and oxygen atoms in total. The third-order valence-corrected chi connectivity index (χ3v) is 5.26. The first-order valence-electron chi connectivity index (χ1n) is 5.79. The van der Waals surface area contributed by atoms with Gasteiger partial charge in [-0.2, -0.15) is 5.66 Å². The fraction of sp³-hybridized carbons (Fsp3) is 0.462. The van der Waals surface area contributed by atoms with Crippen LogP contribution < -0.4 is 18.9 Å². The summed E-state index contributed by atoms with van der Waals surface area (Å²) in [6, 6.07) is 3.59. The van der Waals surface area contributed by atoms with Crippen LogP contribution in [0.15, 0.2) is 12.1 Å². The Labute approximate surface area is 132 Å². The zero-order valence-electron chi connectivity index (χ0n) is 10.7. The van der Waals surface area contributed by atoms with Crippen LogP contribution in [0.3, 0.4) is 0 Å². The Balaban J connectivity index is 0.00000162. The first-order chi connectivity index (χ1) is 8.09. The Kier molecular flexibility index (Phi) is 6.74. The summed E-state index contributed by atoms with van der Waals surface area (Å²) < 4.78 is 0. The molecule has 1 aromatic rings. The molecule has 18 heavy (non-hydrogen) atoms. The molecule has 0 unspecified atom stereocenters. The summed E-state index contributed by atoms with van der Waals surface area (Å²) >= 11 is 12.2. The third-order valence-electron chi connectivity index (χ3n) is 3.12. The quantitative estimate of drug-likeness (QED) is 0.618. The van der Waals surface area contributed by atoms with Crippen molar-refractivity contribution in [3.05, 3.63) is 33.3 Å². The van der Waals surface area contributed by atoms with Crippen molar-refractivity contribution in [3.63, 3.8) is 0 Å². The van der Waals surface area contributed by atoms with Crippen molar-refractivity contribution in [2.24, 2.45) is 0 Å². The average molecular weight is 295 g/mol. The maximum atomic E-state index is 12.2. The minimum absolute atomic E-state index is 0. The Morgan fingerprint density at radius 3 is 2.50 bits per heavy atom. The van der Waals surface area contributed by atoms with E-state index in [4.69, 9.17) is 23.2 Å². The molecule has 1 fully saturated rings. The van der Waals surface area contributed by atoms with Gasteiger partial charge in [0.2, 0.25) is 0 Å². The second-order valence-corrected chi connectivity index (χ2v) is 6.61. The summed E-state index contributed by atoms with van der Waals surface area (Å²) in [5.41, 5.74) is 1.97. The summed E-state index contributed by atoms with van der Waals surface area (Å²) in [5, 5.41) is 0.976. The third kappa shape index (κ3) is 3.75. The summed E-state index contributed by atoms with van der Waals surface area (Å²) in [5.74, 6) is 0. The minimum Gasteiger partial charge on any atom is -0.456 e.